The zero-order chi connectivity index (χ0) is 23.6. The maximum Gasteiger partial charge on any atom is 0.275 e. The van der Waals surface area contributed by atoms with Gasteiger partial charge in [0.1, 0.15) is 11.4 Å². The largest absolute Gasteiger partial charge is 0.368 e. The number of amides is 1. The molecule has 0 saturated carbocycles. The molecule has 5 N–H and O–H groups in total. The van der Waals surface area contributed by atoms with Crippen molar-refractivity contribution in [2.75, 3.05) is 38.2 Å². The number of hydrogen-bond donors (Lipinski definition) is 4. The Balaban J connectivity index is 0.000000821. The lowest BCUT2D eigenvalue weighted by molar-refractivity contribution is 0.102. The predicted octanol–water partition coefficient (Wildman–Crippen LogP) is 2.42. The summed E-state index contributed by atoms with van der Waals surface area (Å²) in [5.74, 6) is -0.0499. The molecule has 1 aliphatic carbocycles. The number of thiazole rings is 1. The molecule has 1 aliphatic heterocycles. The highest BCUT2D eigenvalue weighted by atomic mass is 32.1. The monoisotopic (exact) mass is 469 g/mol. The molecule has 3 aromatic rings. The van der Waals surface area contributed by atoms with Gasteiger partial charge in [0.2, 0.25) is 5.95 Å². The number of nitrogens with two attached hydrogens (primary N) is 1. The standard InChI is InChI=1S/C20H24N8OS.C2H7N/c1-20(2)7-11-8-22-18(21)24-14(11)15-13(20)16(27-26-15)17(29)25-19-23-12(10-30-19)9-28-5-3-4-6-28;1-3-2/h8,10H,3-7,9H2,1-2H3,(H,26,27)(H2,21,22,24)(H,23,25,29);3H,1-2H3. The molecule has 4 heterocycles. The van der Waals surface area contributed by atoms with Gasteiger partial charge in [0.05, 0.1) is 11.4 Å². The van der Waals surface area contributed by atoms with E-state index in [1.165, 1.54) is 24.2 Å². The number of aromatic nitrogens is 5. The van der Waals surface area contributed by atoms with E-state index in [4.69, 9.17) is 5.73 Å². The van der Waals surface area contributed by atoms with Gasteiger partial charge in [-0.3, -0.25) is 20.1 Å². The lowest BCUT2D eigenvalue weighted by Crippen LogP contribution is -2.29. The first-order valence-corrected chi connectivity index (χ1v) is 12.0. The number of nitrogen functional groups attached to an aromatic ring is 1. The molecule has 1 fully saturated rings. The zero-order valence-corrected chi connectivity index (χ0v) is 20.3. The maximum absolute atomic E-state index is 13.1. The molecule has 0 atom stereocenters. The fourth-order valence-electron chi connectivity index (χ4n) is 4.42. The topological polar surface area (TPSA) is 138 Å². The quantitative estimate of drug-likeness (QED) is 0.457. The number of likely N-dealkylation sites (tertiary alicyclic amines) is 1. The van der Waals surface area contributed by atoms with E-state index in [1.807, 2.05) is 19.5 Å². The summed E-state index contributed by atoms with van der Waals surface area (Å²) in [5, 5.41) is 15.6. The van der Waals surface area contributed by atoms with Gasteiger partial charge in [-0.2, -0.15) is 5.10 Å². The molecule has 1 saturated heterocycles. The normalized spacial score (nSPS) is 16.5. The third kappa shape index (κ3) is 4.90. The fourth-order valence-corrected chi connectivity index (χ4v) is 5.12. The van der Waals surface area contributed by atoms with E-state index in [0.717, 1.165) is 36.5 Å². The number of nitrogens with one attached hydrogen (secondary N) is 3. The zero-order valence-electron chi connectivity index (χ0n) is 19.5. The van der Waals surface area contributed by atoms with Crippen molar-refractivity contribution in [3.8, 4) is 11.4 Å². The number of fused-ring (bicyclic) bond motifs is 3. The van der Waals surface area contributed by atoms with Crippen LogP contribution in [-0.4, -0.2) is 63.1 Å². The summed E-state index contributed by atoms with van der Waals surface area (Å²) in [7, 11) is 3.75. The summed E-state index contributed by atoms with van der Waals surface area (Å²) < 4.78 is 0. The Hall–Kier alpha value is -2.89. The lowest BCUT2D eigenvalue weighted by atomic mass is 9.73. The first-order valence-electron chi connectivity index (χ1n) is 11.1. The molecule has 5 rings (SSSR count). The summed E-state index contributed by atoms with van der Waals surface area (Å²) >= 11 is 1.45. The predicted molar refractivity (Wildman–Crippen MR) is 130 cm³/mol. The molecule has 0 spiro atoms. The smallest absolute Gasteiger partial charge is 0.275 e. The Morgan fingerprint density at radius 3 is 2.70 bits per heavy atom. The average Bonchev–Trinajstić information content (AvgIpc) is 3.51. The Kier molecular flexibility index (Phi) is 6.73. The van der Waals surface area contributed by atoms with Gasteiger partial charge < -0.3 is 11.1 Å². The van der Waals surface area contributed by atoms with Crippen LogP contribution in [0.1, 0.15) is 54.0 Å². The molecule has 10 nitrogen and oxygen atoms in total. The summed E-state index contributed by atoms with van der Waals surface area (Å²) in [6.07, 6.45) is 4.93. The number of carbonyl (C=O) groups is 1. The van der Waals surface area contributed by atoms with E-state index >= 15 is 0 Å². The van der Waals surface area contributed by atoms with Gasteiger partial charge in [-0.25, -0.2) is 15.0 Å². The Morgan fingerprint density at radius 2 is 1.97 bits per heavy atom. The van der Waals surface area contributed by atoms with Crippen LogP contribution < -0.4 is 16.4 Å². The van der Waals surface area contributed by atoms with Crippen LogP contribution in [0.15, 0.2) is 11.6 Å². The van der Waals surface area contributed by atoms with Crippen LogP contribution in [0.2, 0.25) is 0 Å². The highest BCUT2D eigenvalue weighted by molar-refractivity contribution is 7.14. The molecule has 0 aromatic carbocycles. The number of hydrogen-bond acceptors (Lipinski definition) is 9. The Bertz CT molecular complexity index is 1130. The van der Waals surface area contributed by atoms with E-state index in [9.17, 15) is 4.79 Å². The van der Waals surface area contributed by atoms with E-state index in [0.29, 0.717) is 28.6 Å². The molecule has 0 bridgehead atoms. The summed E-state index contributed by atoms with van der Waals surface area (Å²) in [5.41, 5.74) is 10.1. The van der Waals surface area contributed by atoms with Gasteiger partial charge in [-0.05, 0) is 57.4 Å². The second kappa shape index (κ2) is 9.54. The Morgan fingerprint density at radius 1 is 1.24 bits per heavy atom. The summed E-state index contributed by atoms with van der Waals surface area (Å²) in [4.78, 5) is 28.5. The van der Waals surface area contributed by atoms with Gasteiger partial charge in [0, 0.05) is 23.7 Å². The fraction of sp³-hybridized carbons (Fsp3) is 0.500. The minimum Gasteiger partial charge on any atom is -0.368 e. The van der Waals surface area contributed by atoms with Crippen molar-refractivity contribution in [2.45, 2.75) is 45.1 Å². The van der Waals surface area contributed by atoms with Crippen molar-refractivity contribution in [1.29, 1.82) is 0 Å². The highest BCUT2D eigenvalue weighted by Crippen LogP contribution is 2.42. The number of rotatable bonds is 4. The molecule has 1 amide bonds. The molecule has 0 radical (unpaired) electrons. The van der Waals surface area contributed by atoms with Crippen LogP contribution in [0.3, 0.4) is 0 Å². The van der Waals surface area contributed by atoms with Crippen molar-refractivity contribution in [1.82, 2.24) is 35.4 Å². The minimum atomic E-state index is -0.300. The Labute approximate surface area is 197 Å². The molecule has 11 heteroatoms. The first-order chi connectivity index (χ1) is 15.8. The van der Waals surface area contributed by atoms with Crippen LogP contribution in [-0.2, 0) is 18.4 Å². The summed E-state index contributed by atoms with van der Waals surface area (Å²) in [6, 6.07) is 0. The van der Waals surface area contributed by atoms with E-state index in [2.05, 4.69) is 54.5 Å². The SMILES string of the molecule is CC1(C)Cc2cnc(N)nc2-c2n[nH]c(C(=O)Nc3nc(CN4CCCC4)cs3)c21.CNC. The molecule has 0 unspecified atom stereocenters. The highest BCUT2D eigenvalue weighted by Gasteiger charge is 2.38. The van der Waals surface area contributed by atoms with E-state index < -0.39 is 0 Å². The third-order valence-corrected chi connectivity index (χ3v) is 6.57. The molecule has 176 valence electrons. The van der Waals surface area contributed by atoms with Crippen LogP contribution in [0, 0.1) is 0 Å². The van der Waals surface area contributed by atoms with Gasteiger partial charge in [-0.1, -0.05) is 13.8 Å². The first kappa shape index (κ1) is 23.3. The van der Waals surface area contributed by atoms with Crippen molar-refractivity contribution in [2.24, 2.45) is 0 Å². The van der Waals surface area contributed by atoms with Crippen molar-refractivity contribution in [3.05, 3.63) is 34.1 Å². The van der Waals surface area contributed by atoms with Crippen LogP contribution in [0.5, 0.6) is 0 Å². The van der Waals surface area contributed by atoms with Gasteiger partial charge in [0.15, 0.2) is 5.13 Å². The number of aromatic amines is 1. The third-order valence-electron chi connectivity index (χ3n) is 5.77. The van der Waals surface area contributed by atoms with E-state index in [1.54, 1.807) is 6.20 Å². The second-order valence-electron chi connectivity index (χ2n) is 9.07. The van der Waals surface area contributed by atoms with Crippen molar-refractivity contribution in [3.63, 3.8) is 0 Å². The van der Waals surface area contributed by atoms with Gasteiger partial charge in [-0.15, -0.1) is 11.3 Å². The number of carbonyl (C=O) groups excluding carboxylic acids is 1. The van der Waals surface area contributed by atoms with Gasteiger partial charge in [0.25, 0.3) is 5.91 Å². The molecular formula is C22H31N9OS. The maximum atomic E-state index is 13.1. The number of nitrogens with zero attached hydrogens (tertiary/aromatic N) is 5. The molecular weight excluding hydrogens is 438 g/mol. The van der Waals surface area contributed by atoms with Crippen molar-refractivity contribution < 1.29 is 4.79 Å². The van der Waals surface area contributed by atoms with Crippen LogP contribution in [0.4, 0.5) is 11.1 Å². The van der Waals surface area contributed by atoms with Crippen LogP contribution in [0.25, 0.3) is 11.4 Å². The molecule has 3 aromatic heterocycles. The number of H-pyrrole nitrogens is 1. The van der Waals surface area contributed by atoms with E-state index in [-0.39, 0.29) is 17.3 Å². The number of anilines is 2. The average molecular weight is 470 g/mol. The molecule has 2 aliphatic rings. The summed E-state index contributed by atoms with van der Waals surface area (Å²) in [6.45, 7) is 7.25. The second-order valence-corrected chi connectivity index (χ2v) is 9.92. The van der Waals surface area contributed by atoms with Crippen LogP contribution >= 0.6 is 11.3 Å². The lowest BCUT2D eigenvalue weighted by Gasteiger charge is -2.30. The van der Waals surface area contributed by atoms with Gasteiger partial charge >= 0.3 is 0 Å². The molecule has 33 heavy (non-hydrogen) atoms. The minimum absolute atomic E-state index is 0.196. The van der Waals surface area contributed by atoms with Crippen molar-refractivity contribution >= 4 is 28.3 Å².